The second-order valence-corrected chi connectivity index (χ2v) is 7.42. The number of hydrogen-bond acceptors (Lipinski definition) is 3. The van der Waals surface area contributed by atoms with E-state index in [-0.39, 0.29) is 11.9 Å². The second-order valence-electron chi connectivity index (χ2n) is 7.42. The van der Waals surface area contributed by atoms with Crippen molar-refractivity contribution >= 4 is 5.91 Å². The molecule has 1 aliphatic rings. The molecular formula is C25H26N2O2. The number of carbonyl (C=O) groups excluding carboxylic acids is 1. The molecule has 4 heteroatoms. The Bertz CT molecular complexity index is 939. The van der Waals surface area contributed by atoms with Gasteiger partial charge in [-0.25, -0.2) is 0 Å². The van der Waals surface area contributed by atoms with Crippen molar-refractivity contribution in [2.45, 2.75) is 38.3 Å². The highest BCUT2D eigenvalue weighted by Crippen LogP contribution is 2.34. The van der Waals surface area contributed by atoms with Gasteiger partial charge in [0.05, 0.1) is 24.8 Å². The molecule has 1 saturated carbocycles. The Morgan fingerprint density at radius 3 is 2.48 bits per heavy atom. The predicted molar refractivity (Wildman–Crippen MR) is 115 cm³/mol. The summed E-state index contributed by atoms with van der Waals surface area (Å²) in [7, 11) is 0. The van der Waals surface area contributed by atoms with Crippen LogP contribution in [0.1, 0.15) is 37.9 Å². The molecule has 2 aromatic carbocycles. The van der Waals surface area contributed by atoms with E-state index in [1.807, 2.05) is 65.6 Å². The fraction of sp³-hybridized carbons (Fsp3) is 0.280. The third-order valence-electron chi connectivity index (χ3n) is 5.31. The van der Waals surface area contributed by atoms with Gasteiger partial charge in [-0.15, -0.1) is 0 Å². The molecule has 3 aromatic rings. The van der Waals surface area contributed by atoms with Gasteiger partial charge < -0.3 is 9.64 Å². The van der Waals surface area contributed by atoms with Crippen LogP contribution in [0, 0.1) is 0 Å². The van der Waals surface area contributed by atoms with Crippen LogP contribution in [0.5, 0.6) is 5.75 Å². The van der Waals surface area contributed by atoms with Crippen LogP contribution in [0.25, 0.3) is 11.1 Å². The minimum absolute atomic E-state index is 0.0206. The maximum Gasteiger partial charge on any atom is 0.226 e. The number of aromatic nitrogens is 1. The van der Waals surface area contributed by atoms with Gasteiger partial charge in [-0.05, 0) is 43.5 Å². The first kappa shape index (κ1) is 19.2. The molecule has 1 heterocycles. The Balaban J connectivity index is 1.41. The van der Waals surface area contributed by atoms with Gasteiger partial charge >= 0.3 is 0 Å². The number of ether oxygens (including phenoxy) is 1. The van der Waals surface area contributed by atoms with Crippen LogP contribution >= 0.6 is 0 Å². The van der Waals surface area contributed by atoms with Crippen LogP contribution in [0.3, 0.4) is 0 Å². The van der Waals surface area contributed by atoms with E-state index in [0.29, 0.717) is 19.1 Å². The molecule has 0 spiro atoms. The van der Waals surface area contributed by atoms with Crippen molar-refractivity contribution in [1.29, 1.82) is 0 Å². The molecule has 0 radical (unpaired) electrons. The number of rotatable bonds is 8. The fourth-order valence-corrected chi connectivity index (χ4v) is 3.68. The van der Waals surface area contributed by atoms with Crippen molar-refractivity contribution in [3.8, 4) is 16.9 Å². The molecular weight excluding hydrogens is 360 g/mol. The van der Waals surface area contributed by atoms with Gasteiger partial charge in [0.15, 0.2) is 0 Å². The Morgan fingerprint density at radius 1 is 1.03 bits per heavy atom. The fourth-order valence-electron chi connectivity index (χ4n) is 3.68. The third-order valence-corrected chi connectivity index (χ3v) is 5.31. The molecule has 0 saturated heterocycles. The number of benzene rings is 2. The summed E-state index contributed by atoms with van der Waals surface area (Å²) in [6.07, 6.45) is 4.28. The SMILES string of the molecule is CC(c1ccccn1)N(C(=O)CCOc1ccccc1-c1ccccc1)C1CC1. The highest BCUT2D eigenvalue weighted by Gasteiger charge is 2.36. The van der Waals surface area contributed by atoms with E-state index in [1.54, 1.807) is 6.20 Å². The van der Waals surface area contributed by atoms with Crippen LogP contribution in [-0.4, -0.2) is 28.4 Å². The summed E-state index contributed by atoms with van der Waals surface area (Å²) in [6, 6.07) is 24.3. The van der Waals surface area contributed by atoms with Gasteiger partial charge in [-0.3, -0.25) is 9.78 Å². The van der Waals surface area contributed by atoms with Crippen LogP contribution in [0.15, 0.2) is 79.0 Å². The lowest BCUT2D eigenvalue weighted by Gasteiger charge is -2.29. The largest absolute Gasteiger partial charge is 0.492 e. The lowest BCUT2D eigenvalue weighted by atomic mass is 10.1. The Morgan fingerprint density at radius 2 is 1.76 bits per heavy atom. The summed E-state index contributed by atoms with van der Waals surface area (Å²) < 4.78 is 6.03. The zero-order valence-corrected chi connectivity index (χ0v) is 16.7. The average Bonchev–Trinajstić information content (AvgIpc) is 3.60. The van der Waals surface area contributed by atoms with Crippen molar-refractivity contribution < 1.29 is 9.53 Å². The molecule has 1 aliphatic carbocycles. The Kier molecular flexibility index (Phi) is 5.89. The Labute approximate surface area is 172 Å². The molecule has 1 atom stereocenters. The molecule has 4 nitrogen and oxygen atoms in total. The number of pyridine rings is 1. The molecule has 4 rings (SSSR count). The van der Waals surface area contributed by atoms with Crippen LogP contribution in [0.2, 0.25) is 0 Å². The predicted octanol–water partition coefficient (Wildman–Crippen LogP) is 5.27. The first-order chi connectivity index (χ1) is 14.2. The maximum absolute atomic E-state index is 13.0. The van der Waals surface area contributed by atoms with Crippen LogP contribution in [-0.2, 0) is 4.79 Å². The van der Waals surface area contributed by atoms with E-state index in [9.17, 15) is 4.79 Å². The molecule has 1 fully saturated rings. The number of amides is 1. The van der Waals surface area contributed by atoms with E-state index < -0.39 is 0 Å². The minimum atomic E-state index is -0.0206. The summed E-state index contributed by atoms with van der Waals surface area (Å²) in [5.74, 6) is 0.935. The quantitative estimate of drug-likeness (QED) is 0.530. The molecule has 0 bridgehead atoms. The van der Waals surface area contributed by atoms with Gasteiger partial charge in [0, 0.05) is 17.8 Å². The first-order valence-corrected chi connectivity index (χ1v) is 10.2. The molecule has 0 aliphatic heterocycles. The lowest BCUT2D eigenvalue weighted by Crippen LogP contribution is -2.36. The van der Waals surface area contributed by atoms with Crippen molar-refractivity contribution in [2.24, 2.45) is 0 Å². The molecule has 148 valence electrons. The zero-order valence-electron chi connectivity index (χ0n) is 16.7. The highest BCUT2D eigenvalue weighted by atomic mass is 16.5. The summed E-state index contributed by atoms with van der Waals surface area (Å²) in [4.78, 5) is 19.4. The summed E-state index contributed by atoms with van der Waals surface area (Å²) >= 11 is 0. The number of carbonyl (C=O) groups is 1. The van der Waals surface area contributed by atoms with E-state index >= 15 is 0 Å². The Hall–Kier alpha value is -3.14. The van der Waals surface area contributed by atoms with Crippen molar-refractivity contribution in [1.82, 2.24) is 9.88 Å². The number of nitrogens with zero attached hydrogens (tertiary/aromatic N) is 2. The normalized spacial score (nSPS) is 14.2. The van der Waals surface area contributed by atoms with Crippen LogP contribution < -0.4 is 4.74 Å². The van der Waals surface area contributed by atoms with Gasteiger partial charge in [0.1, 0.15) is 5.75 Å². The molecule has 1 unspecified atom stereocenters. The van der Waals surface area contributed by atoms with E-state index in [4.69, 9.17) is 4.74 Å². The van der Waals surface area contributed by atoms with E-state index in [1.165, 1.54) is 0 Å². The molecule has 29 heavy (non-hydrogen) atoms. The third kappa shape index (κ3) is 4.65. The number of hydrogen-bond donors (Lipinski definition) is 0. The van der Waals surface area contributed by atoms with Gasteiger partial charge in [0.2, 0.25) is 5.91 Å². The lowest BCUT2D eigenvalue weighted by molar-refractivity contribution is -0.134. The minimum Gasteiger partial charge on any atom is -0.492 e. The topological polar surface area (TPSA) is 42.4 Å². The maximum atomic E-state index is 13.0. The zero-order chi connectivity index (χ0) is 20.1. The van der Waals surface area contributed by atoms with Crippen molar-refractivity contribution in [3.05, 3.63) is 84.7 Å². The molecule has 1 amide bonds. The van der Waals surface area contributed by atoms with Crippen molar-refractivity contribution in [3.63, 3.8) is 0 Å². The standard InChI is InChI=1S/C25H26N2O2/c1-19(23-12-7-8-17-26-23)27(21-14-15-21)25(28)16-18-29-24-13-6-5-11-22(24)20-9-3-2-4-10-20/h2-13,17,19,21H,14-16,18H2,1H3. The average molecular weight is 386 g/mol. The number of para-hydroxylation sites is 1. The summed E-state index contributed by atoms with van der Waals surface area (Å²) in [6.45, 7) is 2.42. The van der Waals surface area contributed by atoms with Crippen LogP contribution in [0.4, 0.5) is 0 Å². The molecule has 0 N–H and O–H groups in total. The van der Waals surface area contributed by atoms with Gasteiger partial charge in [-0.1, -0.05) is 54.6 Å². The van der Waals surface area contributed by atoms with Gasteiger partial charge in [-0.2, -0.15) is 0 Å². The summed E-state index contributed by atoms with van der Waals surface area (Å²) in [5, 5.41) is 0. The smallest absolute Gasteiger partial charge is 0.226 e. The first-order valence-electron chi connectivity index (χ1n) is 10.2. The summed E-state index contributed by atoms with van der Waals surface area (Å²) in [5.41, 5.74) is 3.09. The van der Waals surface area contributed by atoms with E-state index in [2.05, 4.69) is 24.0 Å². The monoisotopic (exact) mass is 386 g/mol. The second kappa shape index (κ2) is 8.91. The van der Waals surface area contributed by atoms with Gasteiger partial charge in [0.25, 0.3) is 0 Å². The van der Waals surface area contributed by atoms with Crippen molar-refractivity contribution in [2.75, 3.05) is 6.61 Å². The highest BCUT2D eigenvalue weighted by molar-refractivity contribution is 5.77. The molecule has 1 aromatic heterocycles. The van der Waals surface area contributed by atoms with E-state index in [0.717, 1.165) is 35.4 Å².